The van der Waals surface area contributed by atoms with Crippen LogP contribution in [0.15, 0.2) is 30.5 Å². The van der Waals surface area contributed by atoms with Crippen LogP contribution in [-0.2, 0) is 0 Å². The van der Waals surface area contributed by atoms with Gasteiger partial charge in [0.25, 0.3) is 5.91 Å². The Morgan fingerprint density at radius 1 is 1.24 bits per heavy atom. The lowest BCUT2D eigenvalue weighted by atomic mass is 10.1. The number of rotatable bonds is 5. The Morgan fingerprint density at radius 3 is 2.76 bits per heavy atom. The summed E-state index contributed by atoms with van der Waals surface area (Å²) in [7, 11) is 0. The van der Waals surface area contributed by atoms with E-state index in [2.05, 4.69) is 15.2 Å². The van der Waals surface area contributed by atoms with E-state index >= 15 is 0 Å². The molecule has 0 N–H and O–H groups in total. The molecule has 1 amide bonds. The lowest BCUT2D eigenvalue weighted by Gasteiger charge is -2.32. The number of ether oxygens (including phenoxy) is 2. The molecule has 0 bridgehead atoms. The lowest BCUT2D eigenvalue weighted by molar-refractivity contribution is 0.0525. The van der Waals surface area contributed by atoms with Gasteiger partial charge < -0.3 is 14.4 Å². The minimum absolute atomic E-state index is 0.0427. The fourth-order valence-electron chi connectivity index (χ4n) is 2.76. The Hall–Kier alpha value is -2.70. The molecule has 132 valence electrons. The number of aryl methyl sites for hydroxylation is 1. The lowest BCUT2D eigenvalue weighted by Crippen LogP contribution is -2.44. The summed E-state index contributed by atoms with van der Waals surface area (Å²) in [6.07, 6.45) is 3.26. The van der Waals surface area contributed by atoms with Crippen LogP contribution in [-0.4, -0.2) is 51.8 Å². The summed E-state index contributed by atoms with van der Waals surface area (Å²) in [6.45, 7) is 5.57. The van der Waals surface area contributed by atoms with Crippen molar-refractivity contribution in [2.45, 2.75) is 32.8 Å². The molecule has 0 aliphatic carbocycles. The summed E-state index contributed by atoms with van der Waals surface area (Å²) < 4.78 is 11.2. The van der Waals surface area contributed by atoms with Gasteiger partial charge in [-0.25, -0.2) is 4.98 Å². The highest BCUT2D eigenvalue weighted by molar-refractivity contribution is 5.94. The predicted octanol–water partition coefficient (Wildman–Crippen LogP) is 2.26. The number of carbonyl (C=O) groups excluding carboxylic acids is 1. The highest BCUT2D eigenvalue weighted by atomic mass is 16.5. The molecule has 3 rings (SSSR count). The van der Waals surface area contributed by atoms with Crippen LogP contribution in [0, 0.1) is 6.92 Å². The first-order valence-electron chi connectivity index (χ1n) is 8.51. The topological polar surface area (TPSA) is 77.4 Å². The first kappa shape index (κ1) is 17.1. The molecule has 1 saturated heterocycles. The quantitative estimate of drug-likeness (QED) is 0.829. The summed E-state index contributed by atoms with van der Waals surface area (Å²) >= 11 is 0. The SMILES string of the molecule is CCOc1ccc(C(=O)N2CCCC(Oc3ccc(C)nn3)C2)cn1. The van der Waals surface area contributed by atoms with Crippen LogP contribution in [0.5, 0.6) is 11.8 Å². The van der Waals surface area contributed by atoms with E-state index < -0.39 is 0 Å². The molecular formula is C18H22N4O3. The third-order valence-corrected chi connectivity index (χ3v) is 4.00. The molecule has 1 fully saturated rings. The zero-order valence-corrected chi connectivity index (χ0v) is 14.5. The Labute approximate surface area is 147 Å². The van der Waals surface area contributed by atoms with E-state index in [0.29, 0.717) is 37.0 Å². The second-order valence-corrected chi connectivity index (χ2v) is 5.96. The smallest absolute Gasteiger partial charge is 0.255 e. The normalized spacial score (nSPS) is 17.2. The molecule has 0 aromatic carbocycles. The van der Waals surface area contributed by atoms with E-state index in [1.165, 1.54) is 0 Å². The molecule has 0 saturated carbocycles. The fraction of sp³-hybridized carbons (Fsp3) is 0.444. The third-order valence-electron chi connectivity index (χ3n) is 4.00. The van der Waals surface area contributed by atoms with Crippen LogP contribution in [0.4, 0.5) is 0 Å². The average molecular weight is 342 g/mol. The zero-order chi connectivity index (χ0) is 17.6. The molecule has 7 heteroatoms. The number of amides is 1. The molecule has 1 aliphatic heterocycles. The number of nitrogens with zero attached hydrogens (tertiary/aromatic N) is 4. The molecule has 0 spiro atoms. The van der Waals surface area contributed by atoms with Crippen molar-refractivity contribution >= 4 is 5.91 Å². The largest absolute Gasteiger partial charge is 0.478 e. The fourth-order valence-corrected chi connectivity index (χ4v) is 2.76. The molecule has 0 radical (unpaired) electrons. The van der Waals surface area contributed by atoms with Gasteiger partial charge in [-0.3, -0.25) is 4.79 Å². The Bertz CT molecular complexity index is 703. The van der Waals surface area contributed by atoms with Gasteiger partial charge >= 0.3 is 0 Å². The number of likely N-dealkylation sites (tertiary alicyclic amines) is 1. The van der Waals surface area contributed by atoms with Crippen LogP contribution >= 0.6 is 0 Å². The number of piperidine rings is 1. The van der Waals surface area contributed by atoms with E-state index in [9.17, 15) is 4.79 Å². The maximum absolute atomic E-state index is 12.7. The van der Waals surface area contributed by atoms with Crippen molar-refractivity contribution in [3.8, 4) is 11.8 Å². The van der Waals surface area contributed by atoms with Crippen LogP contribution < -0.4 is 9.47 Å². The monoisotopic (exact) mass is 342 g/mol. The molecular weight excluding hydrogens is 320 g/mol. The predicted molar refractivity (Wildman–Crippen MR) is 91.7 cm³/mol. The van der Waals surface area contributed by atoms with Gasteiger partial charge in [0.15, 0.2) is 0 Å². The molecule has 1 unspecified atom stereocenters. The second-order valence-electron chi connectivity index (χ2n) is 5.96. The maximum atomic E-state index is 12.7. The van der Waals surface area contributed by atoms with Crippen molar-refractivity contribution in [1.82, 2.24) is 20.1 Å². The number of hydrogen-bond donors (Lipinski definition) is 0. The molecule has 2 aromatic rings. The number of pyridine rings is 1. The molecule has 1 aliphatic rings. The van der Waals surface area contributed by atoms with Gasteiger partial charge in [0, 0.05) is 24.9 Å². The maximum Gasteiger partial charge on any atom is 0.255 e. The first-order chi connectivity index (χ1) is 12.2. The van der Waals surface area contributed by atoms with Crippen LogP contribution in [0.25, 0.3) is 0 Å². The molecule has 1 atom stereocenters. The van der Waals surface area contributed by atoms with Gasteiger partial charge in [0.05, 0.1) is 24.4 Å². The summed E-state index contributed by atoms with van der Waals surface area (Å²) in [5.74, 6) is 0.975. The van der Waals surface area contributed by atoms with E-state index in [-0.39, 0.29) is 12.0 Å². The van der Waals surface area contributed by atoms with E-state index in [1.54, 1.807) is 29.3 Å². The van der Waals surface area contributed by atoms with Crippen LogP contribution in [0.2, 0.25) is 0 Å². The van der Waals surface area contributed by atoms with Gasteiger partial charge in [-0.1, -0.05) is 0 Å². The summed E-state index contributed by atoms with van der Waals surface area (Å²) in [5.41, 5.74) is 1.40. The van der Waals surface area contributed by atoms with Crippen molar-refractivity contribution in [1.29, 1.82) is 0 Å². The highest BCUT2D eigenvalue weighted by Crippen LogP contribution is 2.19. The van der Waals surface area contributed by atoms with E-state index in [0.717, 1.165) is 18.5 Å². The average Bonchev–Trinajstić information content (AvgIpc) is 2.64. The van der Waals surface area contributed by atoms with Gasteiger partial charge in [0.1, 0.15) is 6.10 Å². The van der Waals surface area contributed by atoms with Gasteiger partial charge in [0.2, 0.25) is 11.8 Å². The van der Waals surface area contributed by atoms with Gasteiger partial charge in [-0.15, -0.1) is 5.10 Å². The minimum atomic E-state index is -0.0784. The van der Waals surface area contributed by atoms with Crippen LogP contribution in [0.3, 0.4) is 0 Å². The molecule has 2 aromatic heterocycles. The Balaban J connectivity index is 1.61. The highest BCUT2D eigenvalue weighted by Gasteiger charge is 2.26. The van der Waals surface area contributed by atoms with Gasteiger partial charge in [-0.05, 0) is 38.8 Å². The van der Waals surface area contributed by atoms with Crippen molar-refractivity contribution in [3.63, 3.8) is 0 Å². The second kappa shape index (κ2) is 7.92. The van der Waals surface area contributed by atoms with Crippen LogP contribution in [0.1, 0.15) is 35.8 Å². The summed E-state index contributed by atoms with van der Waals surface area (Å²) in [6, 6.07) is 7.13. The number of aromatic nitrogens is 3. The third kappa shape index (κ3) is 4.43. The Kier molecular flexibility index (Phi) is 5.42. The van der Waals surface area contributed by atoms with E-state index in [1.807, 2.05) is 19.9 Å². The molecule has 3 heterocycles. The van der Waals surface area contributed by atoms with E-state index in [4.69, 9.17) is 9.47 Å². The first-order valence-corrected chi connectivity index (χ1v) is 8.51. The minimum Gasteiger partial charge on any atom is -0.478 e. The van der Waals surface area contributed by atoms with Crippen molar-refractivity contribution in [2.75, 3.05) is 19.7 Å². The molecule has 7 nitrogen and oxygen atoms in total. The zero-order valence-electron chi connectivity index (χ0n) is 14.5. The molecule has 25 heavy (non-hydrogen) atoms. The van der Waals surface area contributed by atoms with Crippen molar-refractivity contribution in [3.05, 3.63) is 41.7 Å². The summed E-state index contributed by atoms with van der Waals surface area (Å²) in [5, 5.41) is 8.02. The Morgan fingerprint density at radius 2 is 2.08 bits per heavy atom. The van der Waals surface area contributed by atoms with Crippen molar-refractivity contribution < 1.29 is 14.3 Å². The van der Waals surface area contributed by atoms with Gasteiger partial charge in [-0.2, -0.15) is 5.10 Å². The standard InChI is InChI=1S/C18H22N4O3/c1-3-24-16-9-7-14(11-19-16)18(23)22-10-4-5-15(12-22)25-17-8-6-13(2)20-21-17/h6-9,11,15H,3-5,10,12H2,1-2H3. The number of hydrogen-bond acceptors (Lipinski definition) is 6. The number of carbonyl (C=O) groups is 1. The van der Waals surface area contributed by atoms with Crippen molar-refractivity contribution in [2.24, 2.45) is 0 Å². The summed E-state index contributed by atoms with van der Waals surface area (Å²) in [4.78, 5) is 18.6.